The van der Waals surface area contributed by atoms with Gasteiger partial charge in [0, 0.05) is 54.5 Å². The largest absolute Gasteiger partial charge is 0.363 e. The number of piperazine rings is 1. The Hall–Kier alpha value is -3.33. The van der Waals surface area contributed by atoms with Crippen molar-refractivity contribution in [2.45, 2.75) is 46.1 Å². The highest BCUT2D eigenvalue weighted by Crippen LogP contribution is 2.40. The van der Waals surface area contributed by atoms with Gasteiger partial charge in [-0.15, -0.1) is 11.3 Å². The maximum absolute atomic E-state index is 14.4. The van der Waals surface area contributed by atoms with Gasteiger partial charge >= 0.3 is 0 Å². The number of aryl methyl sites for hydroxylation is 3. The van der Waals surface area contributed by atoms with Crippen LogP contribution in [0.3, 0.4) is 0 Å². The summed E-state index contributed by atoms with van der Waals surface area (Å²) in [5.41, 5.74) is 3.64. The van der Waals surface area contributed by atoms with Crippen LogP contribution in [0.25, 0.3) is 21.1 Å². The summed E-state index contributed by atoms with van der Waals surface area (Å²) in [5.74, 6) is 1.52. The summed E-state index contributed by atoms with van der Waals surface area (Å²) in [4.78, 5) is 32.6. The first-order valence-electron chi connectivity index (χ1n) is 12.5. The second-order valence-corrected chi connectivity index (χ2v) is 10.8. The molecule has 6 rings (SSSR count). The minimum atomic E-state index is -0.254. The number of rotatable bonds is 4. The van der Waals surface area contributed by atoms with Crippen molar-refractivity contribution < 1.29 is 9.18 Å². The van der Waals surface area contributed by atoms with E-state index in [2.05, 4.69) is 33.2 Å². The van der Waals surface area contributed by atoms with E-state index in [1.54, 1.807) is 37.6 Å². The molecule has 1 fully saturated rings. The van der Waals surface area contributed by atoms with E-state index in [1.807, 2.05) is 4.90 Å². The third kappa shape index (κ3) is 3.86. The number of pyridine rings is 1. The standard InChI is InChI=1S/C27H29FN6OS/c1-15-21(28)8-7-18-13-20(26(32-24(15)18)34-11-9-33(10-12-34)17(3)35)16(2)31-25-23-19-5-4-6-22(19)36-27(23)30-14-29-25/h7-8,13-14,16H,4-6,9-12H2,1-3H3,(H,29,30,31)/t16-/m0/s1. The molecule has 0 bridgehead atoms. The normalized spacial score (nSPS) is 16.6. The Morgan fingerprint density at radius 2 is 1.97 bits per heavy atom. The monoisotopic (exact) mass is 504 g/mol. The van der Waals surface area contributed by atoms with Gasteiger partial charge in [0.25, 0.3) is 0 Å². The molecule has 1 saturated heterocycles. The van der Waals surface area contributed by atoms with Gasteiger partial charge in [-0.2, -0.15) is 0 Å². The zero-order chi connectivity index (χ0) is 25.0. The van der Waals surface area contributed by atoms with Crippen LogP contribution < -0.4 is 10.2 Å². The van der Waals surface area contributed by atoms with E-state index in [9.17, 15) is 9.18 Å². The van der Waals surface area contributed by atoms with Gasteiger partial charge in [0.1, 0.15) is 28.6 Å². The number of amides is 1. The van der Waals surface area contributed by atoms with Gasteiger partial charge in [0.05, 0.1) is 16.9 Å². The number of fused-ring (bicyclic) bond motifs is 4. The Morgan fingerprint density at radius 3 is 2.75 bits per heavy atom. The summed E-state index contributed by atoms with van der Waals surface area (Å²) in [6.45, 7) is 8.16. The van der Waals surface area contributed by atoms with Crippen LogP contribution in [0.1, 0.15) is 47.9 Å². The first-order chi connectivity index (χ1) is 17.4. The molecule has 3 aromatic heterocycles. The second kappa shape index (κ2) is 8.96. The molecule has 36 heavy (non-hydrogen) atoms. The summed E-state index contributed by atoms with van der Waals surface area (Å²) in [6, 6.07) is 5.33. The van der Waals surface area contributed by atoms with Crippen molar-refractivity contribution >= 4 is 50.0 Å². The molecule has 0 saturated carbocycles. The van der Waals surface area contributed by atoms with Crippen molar-refractivity contribution in [3.05, 3.63) is 51.9 Å². The van der Waals surface area contributed by atoms with Crippen LogP contribution in [0.2, 0.25) is 0 Å². The Kier molecular flexibility index (Phi) is 5.75. The third-order valence-electron chi connectivity index (χ3n) is 7.53. The first-order valence-corrected chi connectivity index (χ1v) is 13.3. The van der Waals surface area contributed by atoms with Crippen LogP contribution in [0, 0.1) is 12.7 Å². The fourth-order valence-electron chi connectivity index (χ4n) is 5.49. The number of anilines is 2. The average molecular weight is 505 g/mol. The van der Waals surface area contributed by atoms with Crippen molar-refractivity contribution in [2.24, 2.45) is 0 Å². The number of thiophene rings is 1. The molecule has 1 aliphatic heterocycles. The van der Waals surface area contributed by atoms with E-state index in [4.69, 9.17) is 4.98 Å². The van der Waals surface area contributed by atoms with Crippen LogP contribution in [-0.2, 0) is 17.6 Å². The molecule has 0 radical (unpaired) electrons. The smallest absolute Gasteiger partial charge is 0.219 e. The molecule has 9 heteroatoms. The number of carbonyl (C=O) groups excluding carboxylic acids is 1. The van der Waals surface area contributed by atoms with Crippen LogP contribution in [0.5, 0.6) is 0 Å². The van der Waals surface area contributed by atoms with E-state index < -0.39 is 0 Å². The Bertz CT molecular complexity index is 1490. The molecular formula is C27H29FN6OS. The van der Waals surface area contributed by atoms with Crippen LogP contribution in [0.4, 0.5) is 16.0 Å². The van der Waals surface area contributed by atoms with Crippen molar-refractivity contribution in [2.75, 3.05) is 36.4 Å². The lowest BCUT2D eigenvalue weighted by atomic mass is 10.0. The van der Waals surface area contributed by atoms with Crippen molar-refractivity contribution in [1.29, 1.82) is 0 Å². The molecule has 1 N–H and O–H groups in total. The lowest BCUT2D eigenvalue weighted by molar-refractivity contribution is -0.129. The maximum atomic E-state index is 14.4. The Morgan fingerprint density at radius 1 is 1.17 bits per heavy atom. The average Bonchev–Trinajstić information content (AvgIpc) is 3.47. The molecule has 2 aliphatic rings. The van der Waals surface area contributed by atoms with Gasteiger partial charge in [0.2, 0.25) is 5.91 Å². The minimum Gasteiger partial charge on any atom is -0.363 e. The molecule has 1 aliphatic carbocycles. The zero-order valence-corrected chi connectivity index (χ0v) is 21.6. The van der Waals surface area contributed by atoms with Gasteiger partial charge in [-0.1, -0.05) is 0 Å². The lowest BCUT2D eigenvalue weighted by Crippen LogP contribution is -2.48. The summed E-state index contributed by atoms with van der Waals surface area (Å²) < 4.78 is 14.4. The maximum Gasteiger partial charge on any atom is 0.219 e. The summed E-state index contributed by atoms with van der Waals surface area (Å²) >= 11 is 1.78. The number of hydrogen-bond donors (Lipinski definition) is 1. The number of halogens is 1. The molecular weight excluding hydrogens is 475 g/mol. The summed E-state index contributed by atoms with van der Waals surface area (Å²) in [6.07, 6.45) is 5.00. The highest BCUT2D eigenvalue weighted by molar-refractivity contribution is 7.19. The number of nitrogens with one attached hydrogen (secondary N) is 1. The number of carbonyl (C=O) groups is 1. The fraction of sp³-hybridized carbons (Fsp3) is 0.407. The molecule has 7 nitrogen and oxygen atoms in total. The van der Waals surface area contributed by atoms with E-state index in [-0.39, 0.29) is 17.8 Å². The molecule has 4 aromatic rings. The number of nitrogens with zero attached hydrogens (tertiary/aromatic N) is 5. The molecule has 4 heterocycles. The highest BCUT2D eigenvalue weighted by Gasteiger charge is 2.26. The minimum absolute atomic E-state index is 0.0883. The van der Waals surface area contributed by atoms with Crippen molar-refractivity contribution in [3.8, 4) is 0 Å². The van der Waals surface area contributed by atoms with Gasteiger partial charge in [-0.25, -0.2) is 19.3 Å². The third-order valence-corrected chi connectivity index (χ3v) is 8.73. The van der Waals surface area contributed by atoms with Gasteiger partial charge in [-0.3, -0.25) is 4.79 Å². The van der Waals surface area contributed by atoms with E-state index in [0.29, 0.717) is 37.3 Å². The van der Waals surface area contributed by atoms with E-state index >= 15 is 0 Å². The number of benzene rings is 1. The van der Waals surface area contributed by atoms with Crippen LogP contribution >= 0.6 is 11.3 Å². The molecule has 186 valence electrons. The predicted octanol–water partition coefficient (Wildman–Crippen LogP) is 5.02. The van der Waals surface area contributed by atoms with Crippen molar-refractivity contribution in [3.63, 3.8) is 0 Å². The topological polar surface area (TPSA) is 74.2 Å². The van der Waals surface area contributed by atoms with Crippen LogP contribution in [-0.4, -0.2) is 51.9 Å². The predicted molar refractivity (Wildman–Crippen MR) is 142 cm³/mol. The van der Waals surface area contributed by atoms with Gasteiger partial charge in [0.15, 0.2) is 0 Å². The number of aromatic nitrogens is 3. The quantitative estimate of drug-likeness (QED) is 0.421. The van der Waals surface area contributed by atoms with Crippen molar-refractivity contribution in [1.82, 2.24) is 19.9 Å². The molecule has 0 spiro atoms. The van der Waals surface area contributed by atoms with Crippen LogP contribution in [0.15, 0.2) is 24.5 Å². The SMILES string of the molecule is CC(=O)N1CCN(c2nc3c(C)c(F)ccc3cc2[C@H](C)Nc2ncnc3sc4c(c23)CCC4)CC1. The van der Waals surface area contributed by atoms with E-state index in [0.717, 1.165) is 45.6 Å². The number of hydrogen-bond acceptors (Lipinski definition) is 7. The van der Waals surface area contributed by atoms with Gasteiger partial charge in [-0.05, 0) is 56.9 Å². The first kappa shape index (κ1) is 23.1. The second-order valence-electron chi connectivity index (χ2n) is 9.76. The Labute approximate surface area is 213 Å². The molecule has 0 unspecified atom stereocenters. The molecule has 1 atom stereocenters. The fourth-order valence-corrected chi connectivity index (χ4v) is 6.72. The highest BCUT2D eigenvalue weighted by atomic mass is 32.1. The Balaban J connectivity index is 1.41. The van der Waals surface area contributed by atoms with E-state index in [1.165, 1.54) is 22.9 Å². The lowest BCUT2D eigenvalue weighted by Gasteiger charge is -2.36. The molecule has 1 amide bonds. The molecule has 1 aromatic carbocycles. The summed E-state index contributed by atoms with van der Waals surface area (Å²) in [5, 5.41) is 5.72. The summed E-state index contributed by atoms with van der Waals surface area (Å²) in [7, 11) is 0. The van der Waals surface area contributed by atoms with Gasteiger partial charge < -0.3 is 15.1 Å². The zero-order valence-electron chi connectivity index (χ0n) is 20.8.